The molecule has 0 aliphatic carbocycles. The number of hydrogen-bond acceptors (Lipinski definition) is 2. The Hall–Kier alpha value is -2.10. The van der Waals surface area contributed by atoms with Crippen LogP contribution in [0.1, 0.15) is 16.7 Å². The van der Waals surface area contributed by atoms with Gasteiger partial charge in [-0.15, -0.1) is 0 Å². The van der Waals surface area contributed by atoms with E-state index in [1.807, 2.05) is 48.5 Å². The van der Waals surface area contributed by atoms with E-state index in [1.54, 1.807) is 7.11 Å². The lowest BCUT2D eigenvalue weighted by atomic mass is 9.80. The number of alkyl halides is 1. The molecule has 3 rings (SSSR count). The number of halogens is 1. The highest BCUT2D eigenvalue weighted by molar-refractivity contribution is 9.09. The summed E-state index contributed by atoms with van der Waals surface area (Å²) in [7, 11) is 1.68. The molecule has 2 nitrogen and oxygen atoms in total. The van der Waals surface area contributed by atoms with Crippen molar-refractivity contribution in [2.75, 3.05) is 19.0 Å². The zero-order chi connectivity index (χ0) is 17.5. The molecule has 0 fully saturated rings. The molecule has 0 amide bonds. The first-order valence-corrected chi connectivity index (χ1v) is 9.39. The molecule has 0 atom stereocenters. The summed E-state index contributed by atoms with van der Waals surface area (Å²) in [6.07, 6.45) is 0. The van der Waals surface area contributed by atoms with E-state index in [0.29, 0.717) is 6.61 Å². The zero-order valence-corrected chi connectivity index (χ0v) is 15.8. The summed E-state index contributed by atoms with van der Waals surface area (Å²) in [5.74, 6) is 0.833. The summed E-state index contributed by atoms with van der Waals surface area (Å²) in [6, 6.07) is 28.8. The monoisotopic (exact) mass is 396 g/mol. The predicted octanol–water partition coefficient (Wildman–Crippen LogP) is 5.40. The lowest BCUT2D eigenvalue weighted by Gasteiger charge is -2.36. The maximum absolute atomic E-state index is 6.52. The molecule has 0 radical (unpaired) electrons. The lowest BCUT2D eigenvalue weighted by Crippen LogP contribution is -2.33. The number of rotatable bonds is 7. The molecule has 0 aliphatic heterocycles. The van der Waals surface area contributed by atoms with Crippen LogP contribution in [0.5, 0.6) is 5.75 Å². The van der Waals surface area contributed by atoms with E-state index in [4.69, 9.17) is 9.47 Å². The lowest BCUT2D eigenvalue weighted by molar-refractivity contribution is 0.0237. The quantitative estimate of drug-likeness (QED) is 0.393. The maximum Gasteiger partial charge on any atom is 0.143 e. The van der Waals surface area contributed by atoms with Gasteiger partial charge in [-0.05, 0) is 28.8 Å². The average Bonchev–Trinajstić information content (AvgIpc) is 2.71. The molecule has 25 heavy (non-hydrogen) atoms. The number of ether oxygens (including phenoxy) is 2. The van der Waals surface area contributed by atoms with E-state index in [0.717, 1.165) is 27.8 Å². The van der Waals surface area contributed by atoms with Gasteiger partial charge in [0.25, 0.3) is 0 Å². The van der Waals surface area contributed by atoms with Gasteiger partial charge in [0, 0.05) is 5.33 Å². The Labute approximate surface area is 157 Å². The summed E-state index contributed by atoms with van der Waals surface area (Å²) >= 11 is 3.50. The number of benzene rings is 3. The first-order valence-electron chi connectivity index (χ1n) is 8.27. The van der Waals surface area contributed by atoms with Crippen molar-refractivity contribution in [3.05, 3.63) is 102 Å². The van der Waals surface area contributed by atoms with E-state index in [-0.39, 0.29) is 0 Å². The maximum atomic E-state index is 6.52. The number of hydrogen-bond donors (Lipinski definition) is 0. The third-order valence-electron chi connectivity index (χ3n) is 4.25. The van der Waals surface area contributed by atoms with Crippen LogP contribution in [-0.4, -0.2) is 19.0 Å². The second kappa shape index (κ2) is 8.32. The van der Waals surface area contributed by atoms with Gasteiger partial charge in [-0.2, -0.15) is 0 Å². The molecule has 0 heterocycles. The fourth-order valence-corrected chi connectivity index (χ4v) is 3.27. The average molecular weight is 397 g/mol. The minimum Gasteiger partial charge on any atom is -0.497 e. The van der Waals surface area contributed by atoms with Crippen LogP contribution in [-0.2, 0) is 10.3 Å². The van der Waals surface area contributed by atoms with Crippen LogP contribution in [0, 0.1) is 0 Å². The molecular formula is C22H21BrO2. The van der Waals surface area contributed by atoms with Crippen LogP contribution < -0.4 is 4.74 Å². The first-order chi connectivity index (χ1) is 12.3. The molecule has 3 aromatic rings. The third-order valence-corrected chi connectivity index (χ3v) is 4.58. The van der Waals surface area contributed by atoms with E-state index < -0.39 is 5.60 Å². The molecule has 128 valence electrons. The van der Waals surface area contributed by atoms with Crippen LogP contribution >= 0.6 is 15.9 Å². The Morgan fingerprint density at radius 2 is 1.20 bits per heavy atom. The summed E-state index contributed by atoms with van der Waals surface area (Å²) in [6.45, 7) is 0.593. The minimum absolute atomic E-state index is 0.593. The second-order valence-electron chi connectivity index (χ2n) is 5.68. The Bertz CT molecular complexity index is 731. The summed E-state index contributed by atoms with van der Waals surface area (Å²) in [4.78, 5) is 0. The van der Waals surface area contributed by atoms with Crippen molar-refractivity contribution in [3.8, 4) is 5.75 Å². The molecule has 0 saturated heterocycles. The van der Waals surface area contributed by atoms with Crippen LogP contribution in [0.3, 0.4) is 0 Å². The molecule has 0 saturated carbocycles. The smallest absolute Gasteiger partial charge is 0.143 e. The Balaban J connectivity index is 2.23. The first kappa shape index (κ1) is 17.7. The molecule has 0 bridgehead atoms. The van der Waals surface area contributed by atoms with Crippen molar-refractivity contribution in [2.45, 2.75) is 5.60 Å². The van der Waals surface area contributed by atoms with Crippen LogP contribution in [0.4, 0.5) is 0 Å². The van der Waals surface area contributed by atoms with Crippen molar-refractivity contribution < 1.29 is 9.47 Å². The van der Waals surface area contributed by atoms with Gasteiger partial charge in [-0.25, -0.2) is 0 Å². The zero-order valence-electron chi connectivity index (χ0n) is 14.2. The van der Waals surface area contributed by atoms with Crippen molar-refractivity contribution in [3.63, 3.8) is 0 Å². The van der Waals surface area contributed by atoms with E-state index in [9.17, 15) is 0 Å². The van der Waals surface area contributed by atoms with Gasteiger partial charge in [0.15, 0.2) is 0 Å². The molecular weight excluding hydrogens is 376 g/mol. The van der Waals surface area contributed by atoms with Crippen LogP contribution in [0.25, 0.3) is 0 Å². The normalized spacial score (nSPS) is 11.3. The fraction of sp³-hybridized carbons (Fsp3) is 0.182. The fourth-order valence-electron chi connectivity index (χ4n) is 3.11. The van der Waals surface area contributed by atoms with Gasteiger partial charge in [-0.3, -0.25) is 0 Å². The molecule has 3 aromatic carbocycles. The van der Waals surface area contributed by atoms with Gasteiger partial charge < -0.3 is 9.47 Å². The van der Waals surface area contributed by atoms with E-state index >= 15 is 0 Å². The topological polar surface area (TPSA) is 18.5 Å². The highest BCUT2D eigenvalue weighted by Gasteiger charge is 2.37. The van der Waals surface area contributed by atoms with Crippen LogP contribution in [0.15, 0.2) is 84.9 Å². The third kappa shape index (κ3) is 3.63. The Kier molecular flexibility index (Phi) is 5.90. The molecule has 0 aromatic heterocycles. The standard InChI is InChI=1S/C22H21BrO2/c1-24-21-14-12-20(13-15-21)22(25-17-16-23,18-8-4-2-5-9-18)19-10-6-3-7-11-19/h2-15H,16-17H2,1H3. The van der Waals surface area contributed by atoms with E-state index in [1.165, 1.54) is 0 Å². The van der Waals surface area contributed by atoms with Crippen molar-refractivity contribution in [1.82, 2.24) is 0 Å². The van der Waals surface area contributed by atoms with Gasteiger partial charge in [0.2, 0.25) is 0 Å². The minimum atomic E-state index is -0.664. The van der Waals surface area contributed by atoms with Gasteiger partial charge in [0.05, 0.1) is 13.7 Å². The summed E-state index contributed by atoms with van der Waals surface area (Å²) in [5.41, 5.74) is 2.62. The van der Waals surface area contributed by atoms with Crippen molar-refractivity contribution >= 4 is 15.9 Å². The Morgan fingerprint density at radius 1 is 0.720 bits per heavy atom. The van der Waals surface area contributed by atoms with Gasteiger partial charge in [-0.1, -0.05) is 88.7 Å². The molecule has 0 spiro atoms. The summed E-state index contributed by atoms with van der Waals surface area (Å²) < 4.78 is 11.8. The van der Waals surface area contributed by atoms with E-state index in [2.05, 4.69) is 52.3 Å². The van der Waals surface area contributed by atoms with Gasteiger partial charge >= 0.3 is 0 Å². The van der Waals surface area contributed by atoms with Crippen molar-refractivity contribution in [2.24, 2.45) is 0 Å². The second-order valence-corrected chi connectivity index (χ2v) is 6.47. The van der Waals surface area contributed by atoms with Gasteiger partial charge in [0.1, 0.15) is 11.4 Å². The predicted molar refractivity (Wildman–Crippen MR) is 106 cm³/mol. The molecule has 0 aliphatic rings. The molecule has 0 unspecified atom stereocenters. The highest BCUT2D eigenvalue weighted by atomic mass is 79.9. The molecule has 0 N–H and O–H groups in total. The molecule has 3 heteroatoms. The van der Waals surface area contributed by atoms with Crippen molar-refractivity contribution in [1.29, 1.82) is 0 Å². The summed E-state index contributed by atoms with van der Waals surface area (Å²) in [5, 5.41) is 0.768. The highest BCUT2D eigenvalue weighted by Crippen LogP contribution is 2.40. The Morgan fingerprint density at radius 3 is 1.64 bits per heavy atom. The SMILES string of the molecule is COc1ccc(C(OCCBr)(c2ccccc2)c2ccccc2)cc1. The largest absolute Gasteiger partial charge is 0.497 e. The number of methoxy groups -OCH3 is 1. The van der Waals surface area contributed by atoms with Crippen LogP contribution in [0.2, 0.25) is 0 Å².